The summed E-state index contributed by atoms with van der Waals surface area (Å²) in [5.41, 5.74) is 2.20. The fourth-order valence-corrected chi connectivity index (χ4v) is 2.84. The van der Waals surface area contributed by atoms with Gasteiger partial charge in [-0.25, -0.2) is 0 Å². The minimum atomic E-state index is -0.369. The van der Waals surface area contributed by atoms with Gasteiger partial charge in [-0.2, -0.15) is 0 Å². The van der Waals surface area contributed by atoms with Gasteiger partial charge in [0.2, 0.25) is 0 Å². The van der Waals surface area contributed by atoms with Gasteiger partial charge < -0.3 is 9.73 Å². The molecule has 0 fully saturated rings. The number of aryl methyl sites for hydroxylation is 1. The number of amides is 1. The van der Waals surface area contributed by atoms with Gasteiger partial charge in [-0.3, -0.25) is 4.79 Å². The molecule has 0 saturated heterocycles. The highest BCUT2D eigenvalue weighted by atomic mass is 35.5. The van der Waals surface area contributed by atoms with Gasteiger partial charge in [-0.15, -0.1) is 0 Å². The van der Waals surface area contributed by atoms with Gasteiger partial charge >= 0.3 is 0 Å². The Morgan fingerprint density at radius 3 is 2.46 bits per heavy atom. The first-order chi connectivity index (χ1) is 11.4. The molecule has 0 aliphatic rings. The second-order valence-corrected chi connectivity index (χ2v) is 6.46. The number of furan rings is 1. The van der Waals surface area contributed by atoms with Crippen LogP contribution in [0, 0.1) is 6.92 Å². The van der Waals surface area contributed by atoms with Crippen molar-refractivity contribution in [1.82, 2.24) is 0 Å². The highest BCUT2D eigenvalue weighted by molar-refractivity contribution is 6.36. The lowest BCUT2D eigenvalue weighted by Crippen LogP contribution is -2.10. The standard InChI is InChI=1S/C18H12Cl3NO2/c1-10-2-4-12(9-14(10)20)22-18(23)17-7-6-16(24-17)13-5-3-11(19)8-15(13)21/h2-9H,1H3,(H,22,23). The molecule has 24 heavy (non-hydrogen) atoms. The van der Waals surface area contributed by atoms with Crippen molar-refractivity contribution in [2.75, 3.05) is 5.32 Å². The van der Waals surface area contributed by atoms with Crippen molar-refractivity contribution in [3.63, 3.8) is 0 Å². The minimum Gasteiger partial charge on any atom is -0.451 e. The van der Waals surface area contributed by atoms with E-state index < -0.39 is 0 Å². The third kappa shape index (κ3) is 3.59. The van der Waals surface area contributed by atoms with Crippen LogP contribution in [0.1, 0.15) is 16.1 Å². The van der Waals surface area contributed by atoms with Crippen LogP contribution in [0.5, 0.6) is 0 Å². The van der Waals surface area contributed by atoms with E-state index in [2.05, 4.69) is 5.32 Å². The van der Waals surface area contributed by atoms with E-state index in [0.29, 0.717) is 32.1 Å². The molecule has 1 amide bonds. The first-order valence-electron chi connectivity index (χ1n) is 7.07. The van der Waals surface area contributed by atoms with Crippen LogP contribution >= 0.6 is 34.8 Å². The van der Waals surface area contributed by atoms with Crippen LogP contribution < -0.4 is 5.32 Å². The molecular weight excluding hydrogens is 369 g/mol. The molecule has 0 aliphatic heterocycles. The molecule has 122 valence electrons. The molecule has 2 aromatic carbocycles. The van der Waals surface area contributed by atoms with E-state index in [1.165, 1.54) is 0 Å². The van der Waals surface area contributed by atoms with Crippen LogP contribution in [0.25, 0.3) is 11.3 Å². The summed E-state index contributed by atoms with van der Waals surface area (Å²) >= 11 is 18.1. The third-order valence-electron chi connectivity index (χ3n) is 3.46. The topological polar surface area (TPSA) is 42.2 Å². The van der Waals surface area contributed by atoms with Gasteiger partial charge in [-0.1, -0.05) is 40.9 Å². The lowest BCUT2D eigenvalue weighted by Gasteiger charge is -2.05. The second-order valence-electron chi connectivity index (χ2n) is 5.21. The van der Waals surface area contributed by atoms with Gasteiger partial charge in [0.25, 0.3) is 5.91 Å². The minimum absolute atomic E-state index is 0.174. The molecular formula is C18H12Cl3NO2. The summed E-state index contributed by atoms with van der Waals surface area (Å²) in [7, 11) is 0. The number of hydrogen-bond donors (Lipinski definition) is 1. The second kappa shape index (κ2) is 6.89. The predicted octanol–water partition coefficient (Wildman–Crippen LogP) is 6.47. The smallest absolute Gasteiger partial charge is 0.291 e. The molecule has 3 rings (SSSR count). The predicted molar refractivity (Wildman–Crippen MR) is 98.3 cm³/mol. The summed E-state index contributed by atoms with van der Waals surface area (Å²) in [6.45, 7) is 1.89. The van der Waals surface area contributed by atoms with E-state index in [-0.39, 0.29) is 11.7 Å². The molecule has 0 aliphatic carbocycles. The highest BCUT2D eigenvalue weighted by Crippen LogP contribution is 2.31. The molecule has 0 spiro atoms. The maximum absolute atomic E-state index is 12.3. The Morgan fingerprint density at radius 2 is 1.75 bits per heavy atom. The Labute approximate surface area is 154 Å². The molecule has 0 atom stereocenters. The zero-order valence-electron chi connectivity index (χ0n) is 12.6. The number of anilines is 1. The van der Waals surface area contributed by atoms with Crippen molar-refractivity contribution >= 4 is 46.4 Å². The number of nitrogens with one attached hydrogen (secondary N) is 1. The monoisotopic (exact) mass is 379 g/mol. The normalized spacial score (nSPS) is 10.7. The van der Waals surface area contributed by atoms with Crippen molar-refractivity contribution in [3.05, 3.63) is 74.9 Å². The Morgan fingerprint density at radius 1 is 0.958 bits per heavy atom. The SMILES string of the molecule is Cc1ccc(NC(=O)c2ccc(-c3ccc(Cl)cc3Cl)o2)cc1Cl. The van der Waals surface area contributed by atoms with E-state index in [9.17, 15) is 4.79 Å². The summed E-state index contributed by atoms with van der Waals surface area (Å²) in [6.07, 6.45) is 0. The van der Waals surface area contributed by atoms with Crippen LogP contribution in [0.15, 0.2) is 52.9 Å². The van der Waals surface area contributed by atoms with Crippen molar-refractivity contribution in [3.8, 4) is 11.3 Å². The summed E-state index contributed by atoms with van der Waals surface area (Å²) < 4.78 is 5.61. The van der Waals surface area contributed by atoms with Crippen molar-refractivity contribution in [2.24, 2.45) is 0 Å². The fourth-order valence-electron chi connectivity index (χ4n) is 2.16. The average molecular weight is 381 g/mol. The van der Waals surface area contributed by atoms with E-state index in [1.54, 1.807) is 42.5 Å². The van der Waals surface area contributed by atoms with E-state index >= 15 is 0 Å². The molecule has 3 aromatic rings. The lowest BCUT2D eigenvalue weighted by molar-refractivity contribution is 0.0997. The number of hydrogen-bond acceptors (Lipinski definition) is 2. The van der Waals surface area contributed by atoms with Crippen LogP contribution in [-0.2, 0) is 0 Å². The molecule has 1 N–H and O–H groups in total. The average Bonchev–Trinajstić information content (AvgIpc) is 3.01. The van der Waals surface area contributed by atoms with Crippen LogP contribution in [0.2, 0.25) is 15.1 Å². The Hall–Kier alpha value is -1.94. The lowest BCUT2D eigenvalue weighted by atomic mass is 10.2. The summed E-state index contributed by atoms with van der Waals surface area (Å²) in [5.74, 6) is 0.294. The number of benzene rings is 2. The van der Waals surface area contributed by atoms with Crippen LogP contribution in [-0.4, -0.2) is 5.91 Å². The van der Waals surface area contributed by atoms with E-state index in [1.807, 2.05) is 13.0 Å². The zero-order valence-corrected chi connectivity index (χ0v) is 14.8. The van der Waals surface area contributed by atoms with Gasteiger partial charge in [-0.05, 0) is 55.0 Å². The highest BCUT2D eigenvalue weighted by Gasteiger charge is 2.14. The van der Waals surface area contributed by atoms with Crippen LogP contribution in [0.4, 0.5) is 5.69 Å². The molecule has 0 saturated carbocycles. The number of halogens is 3. The van der Waals surface area contributed by atoms with Gasteiger partial charge in [0.15, 0.2) is 5.76 Å². The zero-order chi connectivity index (χ0) is 17.3. The van der Waals surface area contributed by atoms with Crippen molar-refractivity contribution in [2.45, 2.75) is 6.92 Å². The van der Waals surface area contributed by atoms with Gasteiger partial charge in [0.05, 0.1) is 5.02 Å². The Kier molecular flexibility index (Phi) is 4.86. The summed E-state index contributed by atoms with van der Waals surface area (Å²) in [6, 6.07) is 13.6. The largest absolute Gasteiger partial charge is 0.451 e. The molecule has 0 unspecified atom stereocenters. The first kappa shape index (κ1) is 16.9. The van der Waals surface area contributed by atoms with Crippen molar-refractivity contribution in [1.29, 1.82) is 0 Å². The Bertz CT molecular complexity index is 918. The summed E-state index contributed by atoms with van der Waals surface area (Å²) in [4.78, 5) is 12.3. The summed E-state index contributed by atoms with van der Waals surface area (Å²) in [5, 5.41) is 4.31. The maximum Gasteiger partial charge on any atom is 0.291 e. The van der Waals surface area contributed by atoms with E-state index in [4.69, 9.17) is 39.2 Å². The van der Waals surface area contributed by atoms with Crippen LogP contribution in [0.3, 0.4) is 0 Å². The molecule has 0 radical (unpaired) electrons. The van der Waals surface area contributed by atoms with E-state index in [0.717, 1.165) is 5.56 Å². The van der Waals surface area contributed by atoms with Crippen molar-refractivity contribution < 1.29 is 9.21 Å². The first-order valence-corrected chi connectivity index (χ1v) is 8.20. The maximum atomic E-state index is 12.3. The fraction of sp³-hybridized carbons (Fsp3) is 0.0556. The Balaban J connectivity index is 1.82. The molecule has 6 heteroatoms. The molecule has 1 heterocycles. The third-order valence-corrected chi connectivity index (χ3v) is 4.41. The molecule has 1 aromatic heterocycles. The molecule has 0 bridgehead atoms. The quantitative estimate of drug-likeness (QED) is 0.566. The van der Waals surface area contributed by atoms with Gasteiger partial charge in [0, 0.05) is 21.3 Å². The number of carbonyl (C=O) groups excluding carboxylic acids is 1. The molecule has 3 nitrogen and oxygen atoms in total. The number of carbonyl (C=O) groups is 1. The number of rotatable bonds is 3. The van der Waals surface area contributed by atoms with Gasteiger partial charge in [0.1, 0.15) is 5.76 Å².